The van der Waals surface area contributed by atoms with E-state index in [1.807, 2.05) is 0 Å². The molecule has 39 heavy (non-hydrogen) atoms. The van der Waals surface area contributed by atoms with E-state index < -0.39 is 0 Å². The third kappa shape index (κ3) is 3.83. The molecule has 0 heterocycles. The molecule has 0 aliphatic heterocycles. The molecule has 0 saturated heterocycles. The van der Waals surface area contributed by atoms with Crippen molar-refractivity contribution in [2.24, 2.45) is 0 Å². The molecule has 6 aromatic carbocycles. The Balaban J connectivity index is 1.17. The van der Waals surface area contributed by atoms with Crippen molar-refractivity contribution in [1.29, 1.82) is 0 Å². The van der Waals surface area contributed by atoms with Gasteiger partial charge in [-0.25, -0.2) is 0 Å². The smallest absolute Gasteiger partial charge is 0.00129 e. The number of benzene rings is 6. The van der Waals surface area contributed by atoms with E-state index in [2.05, 4.69) is 133 Å². The second-order valence-corrected chi connectivity index (χ2v) is 11.0. The number of fused-ring (bicyclic) bond motifs is 6. The Morgan fingerprint density at radius 3 is 1.87 bits per heavy atom. The Hall–Kier alpha value is -4.68. The molecule has 0 radical (unpaired) electrons. The first kappa shape index (κ1) is 22.3. The van der Waals surface area contributed by atoms with E-state index in [-0.39, 0.29) is 0 Å². The van der Waals surface area contributed by atoms with E-state index in [0.29, 0.717) is 0 Å². The zero-order valence-electron chi connectivity index (χ0n) is 21.8. The summed E-state index contributed by atoms with van der Waals surface area (Å²) >= 11 is 0. The lowest BCUT2D eigenvalue weighted by Gasteiger charge is -2.14. The van der Waals surface area contributed by atoms with Crippen LogP contribution in [0.25, 0.3) is 44.5 Å². The Kier molecular flexibility index (Phi) is 5.13. The van der Waals surface area contributed by atoms with E-state index in [9.17, 15) is 0 Å². The summed E-state index contributed by atoms with van der Waals surface area (Å²) < 4.78 is 0. The van der Waals surface area contributed by atoms with Gasteiger partial charge in [-0.3, -0.25) is 0 Å². The summed E-state index contributed by atoms with van der Waals surface area (Å²) in [6.45, 7) is 0. The van der Waals surface area contributed by atoms with Crippen LogP contribution in [0.15, 0.2) is 133 Å². The van der Waals surface area contributed by atoms with E-state index in [1.54, 1.807) is 0 Å². The van der Waals surface area contributed by atoms with Crippen molar-refractivity contribution in [3.05, 3.63) is 167 Å². The fraction of sp³-hybridized carbons (Fsp3) is 0.0769. The van der Waals surface area contributed by atoms with Gasteiger partial charge in [0.25, 0.3) is 0 Å². The minimum atomic E-state index is 0.958. The van der Waals surface area contributed by atoms with Gasteiger partial charge in [-0.15, -0.1) is 0 Å². The Bertz CT molecular complexity index is 1860. The first-order valence-electron chi connectivity index (χ1n) is 13.9. The van der Waals surface area contributed by atoms with Crippen LogP contribution >= 0.6 is 0 Å². The van der Waals surface area contributed by atoms with Crippen LogP contribution in [0, 0.1) is 0 Å². The van der Waals surface area contributed by atoms with Crippen LogP contribution < -0.4 is 0 Å². The van der Waals surface area contributed by atoms with Crippen LogP contribution in [0.5, 0.6) is 0 Å². The van der Waals surface area contributed by atoms with Crippen LogP contribution in [0.2, 0.25) is 0 Å². The lowest BCUT2D eigenvalue weighted by atomic mass is 9.90. The van der Waals surface area contributed by atoms with Gasteiger partial charge in [-0.2, -0.15) is 0 Å². The highest BCUT2D eigenvalue weighted by molar-refractivity contribution is 5.93. The van der Waals surface area contributed by atoms with Crippen LogP contribution in [0.3, 0.4) is 0 Å². The summed E-state index contributed by atoms with van der Waals surface area (Å²) in [4.78, 5) is 0. The maximum atomic E-state index is 2.45. The third-order valence-corrected chi connectivity index (χ3v) is 8.50. The Morgan fingerprint density at radius 1 is 0.359 bits per heavy atom. The second-order valence-electron chi connectivity index (χ2n) is 11.0. The van der Waals surface area contributed by atoms with Gasteiger partial charge < -0.3 is 0 Å². The van der Waals surface area contributed by atoms with Crippen LogP contribution in [0.4, 0.5) is 0 Å². The second kappa shape index (κ2) is 8.96. The van der Waals surface area contributed by atoms with Crippen molar-refractivity contribution >= 4 is 0 Å². The molecule has 8 rings (SSSR count). The van der Waals surface area contributed by atoms with Crippen molar-refractivity contribution in [1.82, 2.24) is 0 Å². The van der Waals surface area contributed by atoms with Crippen LogP contribution in [-0.4, -0.2) is 0 Å². The van der Waals surface area contributed by atoms with E-state index in [1.165, 1.54) is 77.9 Å². The van der Waals surface area contributed by atoms with Crippen LogP contribution in [0.1, 0.15) is 33.4 Å². The normalized spacial score (nSPS) is 12.5. The average Bonchev–Trinajstić information content (AvgIpc) is 3.55. The number of rotatable bonds is 4. The molecule has 184 valence electrons. The van der Waals surface area contributed by atoms with Crippen molar-refractivity contribution in [2.45, 2.75) is 19.3 Å². The minimum Gasteiger partial charge on any atom is -0.0622 e. The number of hydrogen-bond donors (Lipinski definition) is 0. The molecule has 0 unspecified atom stereocenters. The monoisotopic (exact) mass is 496 g/mol. The first-order valence-corrected chi connectivity index (χ1v) is 13.9. The molecular formula is C39H28. The third-order valence-electron chi connectivity index (χ3n) is 8.50. The maximum absolute atomic E-state index is 2.45. The molecule has 0 aromatic heterocycles. The van der Waals surface area contributed by atoms with Crippen molar-refractivity contribution in [3.63, 3.8) is 0 Å². The molecular weight excluding hydrogens is 468 g/mol. The van der Waals surface area contributed by atoms with Gasteiger partial charge in [0.15, 0.2) is 0 Å². The molecule has 0 fully saturated rings. The zero-order valence-corrected chi connectivity index (χ0v) is 21.8. The van der Waals surface area contributed by atoms with E-state index >= 15 is 0 Å². The van der Waals surface area contributed by atoms with Crippen molar-refractivity contribution < 1.29 is 0 Å². The molecule has 0 spiro atoms. The molecule has 2 aliphatic rings. The highest BCUT2D eigenvalue weighted by atomic mass is 14.3. The fourth-order valence-electron chi connectivity index (χ4n) is 6.67. The van der Waals surface area contributed by atoms with Crippen LogP contribution in [-0.2, 0) is 19.3 Å². The Labute approximate surface area is 230 Å². The molecule has 0 atom stereocenters. The molecule has 0 heteroatoms. The summed E-state index contributed by atoms with van der Waals surface area (Å²) in [6, 6.07) is 49.5. The lowest BCUT2D eigenvalue weighted by Crippen LogP contribution is -1.92. The van der Waals surface area contributed by atoms with Gasteiger partial charge >= 0.3 is 0 Å². The van der Waals surface area contributed by atoms with Gasteiger partial charge in [0.2, 0.25) is 0 Å². The Morgan fingerprint density at radius 2 is 1.03 bits per heavy atom. The predicted octanol–water partition coefficient (Wildman–Crippen LogP) is 9.75. The molecule has 0 bridgehead atoms. The molecule has 6 aromatic rings. The van der Waals surface area contributed by atoms with Gasteiger partial charge in [0, 0.05) is 0 Å². The van der Waals surface area contributed by atoms with Gasteiger partial charge in [-0.05, 0) is 103 Å². The molecule has 2 aliphatic carbocycles. The highest BCUT2D eigenvalue weighted by Crippen LogP contribution is 2.46. The minimum absolute atomic E-state index is 0.958. The largest absolute Gasteiger partial charge is 0.0622 e. The maximum Gasteiger partial charge on any atom is -0.00129 e. The summed E-state index contributed by atoms with van der Waals surface area (Å²) in [6.07, 6.45) is 2.99. The predicted molar refractivity (Wildman–Crippen MR) is 163 cm³/mol. The summed E-state index contributed by atoms with van der Waals surface area (Å²) in [5.74, 6) is 0. The van der Waals surface area contributed by atoms with Gasteiger partial charge in [0.05, 0.1) is 0 Å². The molecule has 0 amide bonds. The van der Waals surface area contributed by atoms with Gasteiger partial charge in [-0.1, -0.05) is 127 Å². The SMILES string of the molecule is c1ccc(-c2cc3c(c(-c4ccccc4)c2)-c2ccc(Cc4ccc5c(c4)-c4ccccc4C5)cc2C3)cc1. The molecule has 0 N–H and O–H groups in total. The van der Waals surface area contributed by atoms with E-state index in [4.69, 9.17) is 0 Å². The average molecular weight is 497 g/mol. The topological polar surface area (TPSA) is 0 Å². The zero-order chi connectivity index (χ0) is 25.8. The summed E-state index contributed by atoms with van der Waals surface area (Å²) in [5, 5.41) is 0. The van der Waals surface area contributed by atoms with E-state index in [0.717, 1.165) is 19.3 Å². The summed E-state index contributed by atoms with van der Waals surface area (Å²) in [5.41, 5.74) is 19.3. The lowest BCUT2D eigenvalue weighted by molar-refractivity contribution is 1.16. The summed E-state index contributed by atoms with van der Waals surface area (Å²) in [7, 11) is 0. The fourth-order valence-corrected chi connectivity index (χ4v) is 6.67. The first-order chi connectivity index (χ1) is 19.3. The molecule has 0 saturated carbocycles. The quantitative estimate of drug-likeness (QED) is 0.227. The van der Waals surface area contributed by atoms with Gasteiger partial charge in [0.1, 0.15) is 0 Å². The highest BCUT2D eigenvalue weighted by Gasteiger charge is 2.24. The molecule has 0 nitrogen and oxygen atoms in total. The van der Waals surface area contributed by atoms with Crippen molar-refractivity contribution in [3.8, 4) is 44.5 Å². The van der Waals surface area contributed by atoms with Crippen molar-refractivity contribution in [2.75, 3.05) is 0 Å². The standard InChI is InChI=1S/C39H28/c1-3-9-28(10-4-1)32-23-34-24-33-20-26(16-18-36(33)39(34)38(25-32)29-11-5-2-6-12-29)19-27-15-17-31-22-30-13-7-8-14-35(30)37(31)21-27/h1-18,20-21,23,25H,19,22,24H2. The number of hydrogen-bond acceptors (Lipinski definition) is 0.